The Morgan fingerprint density at radius 2 is 2.19 bits per heavy atom. The standard InChI is InChI=1S/C14H16F3N3O/c1-9(19)13-8-20(4-5-21-13)11-3-2-10(7-18)12(6-11)14(15,16)17/h2-3,6,9,13H,4-5,8,19H2,1H3. The Morgan fingerprint density at radius 3 is 2.76 bits per heavy atom. The Morgan fingerprint density at radius 1 is 1.48 bits per heavy atom. The number of ether oxygens (including phenoxy) is 1. The van der Waals surface area contributed by atoms with Gasteiger partial charge < -0.3 is 15.4 Å². The van der Waals surface area contributed by atoms with E-state index in [1.54, 1.807) is 17.9 Å². The van der Waals surface area contributed by atoms with Gasteiger partial charge in [-0.15, -0.1) is 0 Å². The average Bonchev–Trinajstić information content (AvgIpc) is 2.45. The average molecular weight is 299 g/mol. The lowest BCUT2D eigenvalue weighted by molar-refractivity contribution is -0.137. The van der Waals surface area contributed by atoms with Gasteiger partial charge >= 0.3 is 6.18 Å². The molecule has 21 heavy (non-hydrogen) atoms. The fourth-order valence-electron chi connectivity index (χ4n) is 2.29. The van der Waals surface area contributed by atoms with Gasteiger partial charge in [-0.1, -0.05) is 0 Å². The molecule has 1 aromatic carbocycles. The molecule has 1 saturated heterocycles. The minimum absolute atomic E-state index is 0.201. The van der Waals surface area contributed by atoms with Crippen LogP contribution in [0.15, 0.2) is 18.2 Å². The van der Waals surface area contributed by atoms with E-state index in [9.17, 15) is 13.2 Å². The van der Waals surface area contributed by atoms with Crippen LogP contribution in [-0.2, 0) is 10.9 Å². The van der Waals surface area contributed by atoms with Gasteiger partial charge in [0.25, 0.3) is 0 Å². The second-order valence-electron chi connectivity index (χ2n) is 5.05. The molecule has 2 atom stereocenters. The zero-order valence-corrected chi connectivity index (χ0v) is 11.5. The van der Waals surface area contributed by atoms with Gasteiger partial charge in [0.15, 0.2) is 0 Å². The molecule has 7 heteroatoms. The van der Waals surface area contributed by atoms with Crippen molar-refractivity contribution in [2.24, 2.45) is 5.73 Å². The maximum Gasteiger partial charge on any atom is 0.417 e. The summed E-state index contributed by atoms with van der Waals surface area (Å²) in [5, 5.41) is 8.80. The van der Waals surface area contributed by atoms with E-state index in [0.717, 1.165) is 6.07 Å². The van der Waals surface area contributed by atoms with E-state index >= 15 is 0 Å². The van der Waals surface area contributed by atoms with E-state index in [0.29, 0.717) is 25.4 Å². The van der Waals surface area contributed by atoms with Crippen molar-refractivity contribution in [3.63, 3.8) is 0 Å². The van der Waals surface area contributed by atoms with Crippen molar-refractivity contribution in [3.8, 4) is 6.07 Å². The van der Waals surface area contributed by atoms with Gasteiger partial charge in [-0.2, -0.15) is 18.4 Å². The fourth-order valence-corrected chi connectivity index (χ4v) is 2.29. The molecule has 2 unspecified atom stereocenters. The Kier molecular flexibility index (Phi) is 4.40. The number of rotatable bonds is 2. The highest BCUT2D eigenvalue weighted by atomic mass is 19.4. The molecule has 1 fully saturated rings. The lowest BCUT2D eigenvalue weighted by Crippen LogP contribution is -2.49. The largest absolute Gasteiger partial charge is 0.417 e. The molecule has 1 aliphatic heterocycles. The first-order valence-corrected chi connectivity index (χ1v) is 6.56. The van der Waals surface area contributed by atoms with E-state index in [1.165, 1.54) is 12.1 Å². The van der Waals surface area contributed by atoms with Crippen molar-refractivity contribution in [2.75, 3.05) is 24.6 Å². The highest BCUT2D eigenvalue weighted by Gasteiger charge is 2.34. The number of nitrogens with two attached hydrogens (primary N) is 1. The first kappa shape index (κ1) is 15.6. The summed E-state index contributed by atoms with van der Waals surface area (Å²) in [5.41, 5.74) is 4.92. The summed E-state index contributed by atoms with van der Waals surface area (Å²) in [6, 6.07) is 5.12. The van der Waals surface area contributed by atoms with Crippen molar-refractivity contribution in [1.82, 2.24) is 0 Å². The van der Waals surface area contributed by atoms with Crippen LogP contribution in [0, 0.1) is 11.3 Å². The van der Waals surface area contributed by atoms with Crippen LogP contribution in [0.4, 0.5) is 18.9 Å². The number of halogens is 3. The number of nitriles is 1. The molecule has 1 heterocycles. The minimum atomic E-state index is -4.55. The fraction of sp³-hybridized carbons (Fsp3) is 0.500. The van der Waals surface area contributed by atoms with Crippen LogP contribution in [0.3, 0.4) is 0 Å². The third-order valence-corrected chi connectivity index (χ3v) is 3.47. The Balaban J connectivity index is 2.31. The summed E-state index contributed by atoms with van der Waals surface area (Å²) < 4.78 is 44.4. The predicted octanol–water partition coefficient (Wildman–Crippen LogP) is 2.13. The highest BCUT2D eigenvalue weighted by molar-refractivity contribution is 5.55. The summed E-state index contributed by atoms with van der Waals surface area (Å²) in [7, 11) is 0. The van der Waals surface area contributed by atoms with E-state index in [-0.39, 0.29) is 17.7 Å². The van der Waals surface area contributed by atoms with E-state index < -0.39 is 11.7 Å². The van der Waals surface area contributed by atoms with Gasteiger partial charge in [0.2, 0.25) is 0 Å². The quantitative estimate of drug-likeness (QED) is 0.908. The topological polar surface area (TPSA) is 62.3 Å². The highest BCUT2D eigenvalue weighted by Crippen LogP contribution is 2.34. The van der Waals surface area contributed by atoms with Gasteiger partial charge in [0.1, 0.15) is 0 Å². The Bertz CT molecular complexity index is 551. The van der Waals surface area contributed by atoms with E-state index in [1.807, 2.05) is 0 Å². The van der Waals surface area contributed by atoms with Crippen molar-refractivity contribution in [3.05, 3.63) is 29.3 Å². The number of alkyl halides is 3. The van der Waals surface area contributed by atoms with Gasteiger partial charge in [-0.05, 0) is 25.1 Å². The molecule has 4 nitrogen and oxygen atoms in total. The number of benzene rings is 1. The molecule has 0 bridgehead atoms. The van der Waals surface area contributed by atoms with Crippen LogP contribution in [-0.4, -0.2) is 31.8 Å². The normalized spacial score (nSPS) is 21.0. The zero-order valence-electron chi connectivity index (χ0n) is 11.5. The van der Waals surface area contributed by atoms with Crippen LogP contribution in [0.5, 0.6) is 0 Å². The molecular formula is C14H16F3N3O. The molecule has 0 aliphatic carbocycles. The molecule has 0 radical (unpaired) electrons. The predicted molar refractivity (Wildman–Crippen MR) is 71.8 cm³/mol. The molecular weight excluding hydrogens is 283 g/mol. The lowest BCUT2D eigenvalue weighted by atomic mass is 10.1. The van der Waals surface area contributed by atoms with Crippen LogP contribution in [0.1, 0.15) is 18.1 Å². The van der Waals surface area contributed by atoms with Crippen LogP contribution < -0.4 is 10.6 Å². The van der Waals surface area contributed by atoms with Crippen molar-refractivity contribution in [2.45, 2.75) is 25.2 Å². The number of morpholine rings is 1. The monoisotopic (exact) mass is 299 g/mol. The number of anilines is 1. The molecule has 0 aromatic heterocycles. The third-order valence-electron chi connectivity index (χ3n) is 3.47. The first-order valence-electron chi connectivity index (χ1n) is 6.56. The summed E-state index contributed by atoms with van der Waals surface area (Å²) >= 11 is 0. The molecule has 0 amide bonds. The number of nitrogens with zero attached hydrogens (tertiary/aromatic N) is 2. The maximum atomic E-state index is 13.0. The van der Waals surface area contributed by atoms with Gasteiger partial charge in [-0.3, -0.25) is 0 Å². The summed E-state index contributed by atoms with van der Waals surface area (Å²) in [6.45, 7) is 3.13. The molecule has 1 aliphatic rings. The second-order valence-corrected chi connectivity index (χ2v) is 5.05. The maximum absolute atomic E-state index is 13.0. The van der Waals surface area contributed by atoms with Crippen molar-refractivity contribution in [1.29, 1.82) is 5.26 Å². The summed E-state index contributed by atoms with van der Waals surface area (Å²) in [4.78, 5) is 1.80. The van der Waals surface area contributed by atoms with Gasteiger partial charge in [0.05, 0.1) is 29.9 Å². The second kappa shape index (κ2) is 5.92. The van der Waals surface area contributed by atoms with Crippen LogP contribution >= 0.6 is 0 Å². The Hall–Kier alpha value is -1.78. The van der Waals surface area contributed by atoms with Gasteiger partial charge in [-0.25, -0.2) is 0 Å². The molecule has 2 rings (SSSR count). The number of hydrogen-bond acceptors (Lipinski definition) is 4. The lowest BCUT2D eigenvalue weighted by Gasteiger charge is -2.36. The van der Waals surface area contributed by atoms with E-state index in [4.69, 9.17) is 15.7 Å². The third kappa shape index (κ3) is 3.46. The minimum Gasteiger partial charge on any atom is -0.373 e. The first-order chi connectivity index (χ1) is 9.82. The Labute approximate surface area is 120 Å². The molecule has 114 valence electrons. The van der Waals surface area contributed by atoms with E-state index in [2.05, 4.69) is 0 Å². The molecule has 2 N–H and O–H groups in total. The van der Waals surface area contributed by atoms with Crippen molar-refractivity contribution < 1.29 is 17.9 Å². The van der Waals surface area contributed by atoms with Crippen molar-refractivity contribution >= 4 is 5.69 Å². The van der Waals surface area contributed by atoms with Gasteiger partial charge in [0, 0.05) is 24.8 Å². The zero-order chi connectivity index (χ0) is 15.6. The molecule has 0 saturated carbocycles. The smallest absolute Gasteiger partial charge is 0.373 e. The summed E-state index contributed by atoms with van der Waals surface area (Å²) in [5.74, 6) is 0. The SMILES string of the molecule is CC(N)C1CN(c2ccc(C#N)c(C(F)(F)F)c2)CCO1. The molecule has 1 aromatic rings. The molecule has 0 spiro atoms. The van der Waals surface area contributed by atoms with Crippen LogP contribution in [0.2, 0.25) is 0 Å². The number of hydrogen-bond donors (Lipinski definition) is 1. The summed E-state index contributed by atoms with van der Waals surface area (Å²) in [6.07, 6.45) is -4.77. The van der Waals surface area contributed by atoms with Crippen LogP contribution in [0.25, 0.3) is 0 Å².